The van der Waals surface area contributed by atoms with E-state index in [1.165, 1.54) is 7.11 Å². The Kier molecular flexibility index (Phi) is 8.40. The molecule has 5 nitrogen and oxygen atoms in total. The van der Waals surface area contributed by atoms with Crippen molar-refractivity contribution in [3.63, 3.8) is 0 Å². The Labute approximate surface area is 187 Å². The van der Waals surface area contributed by atoms with Gasteiger partial charge in [-0.15, -0.1) is 12.4 Å². The smallest absolute Gasteiger partial charge is 0.246 e. The van der Waals surface area contributed by atoms with Gasteiger partial charge in [-0.1, -0.05) is 19.9 Å². The largest absolute Gasteiger partial charge is 0.494 e. The van der Waals surface area contributed by atoms with Gasteiger partial charge in [0, 0.05) is 30.3 Å². The zero-order valence-corrected chi connectivity index (χ0v) is 19.0. The van der Waals surface area contributed by atoms with Crippen molar-refractivity contribution < 1.29 is 23.0 Å². The van der Waals surface area contributed by atoms with Crippen molar-refractivity contribution in [2.45, 2.75) is 38.6 Å². The van der Waals surface area contributed by atoms with E-state index in [0.717, 1.165) is 35.4 Å². The summed E-state index contributed by atoms with van der Waals surface area (Å²) in [5, 5.41) is 5.81. The van der Waals surface area contributed by atoms with Gasteiger partial charge in [-0.3, -0.25) is 4.79 Å². The van der Waals surface area contributed by atoms with E-state index in [2.05, 4.69) is 10.6 Å². The van der Waals surface area contributed by atoms with Crippen LogP contribution in [0.3, 0.4) is 0 Å². The number of carbonyl (C=O) groups excluding carboxylic acids is 1. The molecule has 0 spiro atoms. The highest BCUT2D eigenvalue weighted by Gasteiger charge is 2.30. The number of anilines is 1. The first-order valence-electron chi connectivity index (χ1n) is 10.0. The van der Waals surface area contributed by atoms with E-state index in [0.29, 0.717) is 13.2 Å². The van der Waals surface area contributed by atoms with Crippen LogP contribution in [0.1, 0.15) is 43.5 Å². The van der Waals surface area contributed by atoms with Crippen LogP contribution in [0.2, 0.25) is 0 Å². The first kappa shape index (κ1) is 25.0. The maximum absolute atomic E-state index is 14.7. The number of ether oxygens (including phenoxy) is 2. The Morgan fingerprint density at radius 1 is 1.23 bits per heavy atom. The van der Waals surface area contributed by atoms with Crippen molar-refractivity contribution in [1.82, 2.24) is 5.32 Å². The molecule has 0 aromatic heterocycles. The number of hydrogen-bond donors (Lipinski definition) is 2. The number of benzene rings is 2. The molecule has 0 unspecified atom stereocenters. The Morgan fingerprint density at radius 2 is 1.90 bits per heavy atom. The maximum atomic E-state index is 14.7. The average Bonchev–Trinajstić information content (AvgIpc) is 2.66. The third-order valence-corrected chi connectivity index (χ3v) is 5.23. The quantitative estimate of drug-likeness (QED) is 0.645. The van der Waals surface area contributed by atoms with Crippen molar-refractivity contribution in [1.29, 1.82) is 0 Å². The fraction of sp³-hybridized carbons (Fsp3) is 0.435. The molecule has 1 aliphatic heterocycles. The molecule has 31 heavy (non-hydrogen) atoms. The van der Waals surface area contributed by atoms with Crippen molar-refractivity contribution in [2.75, 3.05) is 32.2 Å². The monoisotopic (exact) mass is 454 g/mol. The lowest BCUT2D eigenvalue weighted by molar-refractivity contribution is -0.118. The molecule has 170 valence electrons. The van der Waals surface area contributed by atoms with Gasteiger partial charge in [0.05, 0.1) is 13.2 Å². The standard InChI is InChI=1S/C23H28F2N2O3.ClH/c1-5-30-16-6-7-17-14(10-16)8-9-26-21(17)22(28)27-15-11-18(24)20(19(25)12-15)23(2,3)13-29-4;/h6-7,10-12,21,26H,5,8-9,13H2,1-4H3,(H,27,28);1H/t21-;/m1./s1. The van der Waals surface area contributed by atoms with Crippen LogP contribution in [-0.2, 0) is 21.4 Å². The summed E-state index contributed by atoms with van der Waals surface area (Å²) >= 11 is 0. The highest BCUT2D eigenvalue weighted by Crippen LogP contribution is 2.32. The lowest BCUT2D eigenvalue weighted by atomic mass is 9.84. The molecule has 2 N–H and O–H groups in total. The van der Waals surface area contributed by atoms with Crippen LogP contribution in [0.4, 0.5) is 14.5 Å². The minimum atomic E-state index is -0.840. The SMILES string of the molecule is CCOc1ccc2c(c1)CCN[C@H]2C(=O)Nc1cc(F)c(C(C)(C)COC)c(F)c1.Cl. The van der Waals surface area contributed by atoms with Crippen LogP contribution in [0.15, 0.2) is 30.3 Å². The maximum Gasteiger partial charge on any atom is 0.246 e. The zero-order chi connectivity index (χ0) is 21.9. The molecule has 0 aliphatic carbocycles. The molecule has 0 saturated carbocycles. The average molecular weight is 455 g/mol. The molecule has 1 amide bonds. The van der Waals surface area contributed by atoms with Crippen LogP contribution < -0.4 is 15.4 Å². The second-order valence-electron chi connectivity index (χ2n) is 8.05. The van der Waals surface area contributed by atoms with E-state index in [-0.39, 0.29) is 36.2 Å². The summed E-state index contributed by atoms with van der Waals surface area (Å²) in [6.45, 7) is 6.67. The van der Waals surface area contributed by atoms with Gasteiger partial charge in [-0.2, -0.15) is 0 Å². The predicted molar refractivity (Wildman–Crippen MR) is 119 cm³/mol. The van der Waals surface area contributed by atoms with E-state index < -0.39 is 23.1 Å². The number of hydrogen-bond acceptors (Lipinski definition) is 4. The Bertz CT molecular complexity index is 914. The second kappa shape index (κ2) is 10.4. The number of amides is 1. The molecule has 8 heteroatoms. The van der Waals surface area contributed by atoms with Gasteiger partial charge >= 0.3 is 0 Å². The second-order valence-corrected chi connectivity index (χ2v) is 8.05. The van der Waals surface area contributed by atoms with Crippen LogP contribution in [0, 0.1) is 11.6 Å². The topological polar surface area (TPSA) is 59.6 Å². The summed E-state index contributed by atoms with van der Waals surface area (Å²) < 4.78 is 40.0. The van der Waals surface area contributed by atoms with E-state index >= 15 is 0 Å². The fourth-order valence-corrected chi connectivity index (χ4v) is 3.97. The van der Waals surface area contributed by atoms with Gasteiger partial charge in [0.25, 0.3) is 0 Å². The minimum absolute atomic E-state index is 0. The van der Waals surface area contributed by atoms with Crippen LogP contribution in [0.25, 0.3) is 0 Å². The van der Waals surface area contributed by atoms with Gasteiger partial charge in [0.15, 0.2) is 0 Å². The van der Waals surface area contributed by atoms with Gasteiger partial charge < -0.3 is 20.1 Å². The van der Waals surface area contributed by atoms with Gasteiger partial charge in [0.1, 0.15) is 23.4 Å². The minimum Gasteiger partial charge on any atom is -0.494 e. The Hall–Kier alpha value is -2.22. The third-order valence-electron chi connectivity index (χ3n) is 5.23. The molecule has 3 rings (SSSR count). The molecule has 0 saturated heterocycles. The first-order chi connectivity index (χ1) is 14.3. The molecule has 2 aromatic carbocycles. The van der Waals surface area contributed by atoms with Gasteiger partial charge in [-0.05, 0) is 48.7 Å². The molecule has 1 atom stereocenters. The number of carbonyl (C=O) groups is 1. The summed E-state index contributed by atoms with van der Waals surface area (Å²) in [6, 6.07) is 7.30. The molecule has 1 heterocycles. The molecule has 1 aliphatic rings. The number of fused-ring (bicyclic) bond motifs is 1. The van der Waals surface area contributed by atoms with Crippen molar-refractivity contribution in [2.24, 2.45) is 0 Å². The van der Waals surface area contributed by atoms with E-state index in [9.17, 15) is 13.6 Å². The molecule has 0 fully saturated rings. The number of halogens is 3. The van der Waals surface area contributed by atoms with Gasteiger partial charge in [0.2, 0.25) is 5.91 Å². The summed E-state index contributed by atoms with van der Waals surface area (Å²) in [7, 11) is 1.48. The van der Waals surface area contributed by atoms with Crippen molar-refractivity contribution in [3.05, 3.63) is 58.7 Å². The lowest BCUT2D eigenvalue weighted by Crippen LogP contribution is -2.38. The van der Waals surface area contributed by atoms with Crippen molar-refractivity contribution >= 4 is 24.0 Å². The molecule has 0 bridgehead atoms. The number of nitrogens with one attached hydrogen (secondary N) is 2. The summed E-state index contributed by atoms with van der Waals surface area (Å²) in [5.41, 5.74) is 1.03. The van der Waals surface area contributed by atoms with Crippen LogP contribution >= 0.6 is 12.4 Å². The van der Waals surface area contributed by atoms with Crippen LogP contribution in [0.5, 0.6) is 5.75 Å². The van der Waals surface area contributed by atoms with E-state index in [1.54, 1.807) is 13.8 Å². The summed E-state index contributed by atoms with van der Waals surface area (Å²) in [5.74, 6) is -1.05. The van der Waals surface area contributed by atoms with E-state index in [4.69, 9.17) is 9.47 Å². The number of rotatable bonds is 7. The van der Waals surface area contributed by atoms with Gasteiger partial charge in [-0.25, -0.2) is 8.78 Å². The Balaban J connectivity index is 0.00000341. The zero-order valence-electron chi connectivity index (χ0n) is 18.2. The third kappa shape index (κ3) is 5.53. The summed E-state index contributed by atoms with van der Waals surface area (Å²) in [4.78, 5) is 12.9. The normalized spacial score (nSPS) is 15.6. The fourth-order valence-electron chi connectivity index (χ4n) is 3.97. The van der Waals surface area contributed by atoms with Crippen LogP contribution in [-0.4, -0.2) is 32.8 Å². The first-order valence-corrected chi connectivity index (χ1v) is 10.0. The molecular weight excluding hydrogens is 426 g/mol. The highest BCUT2D eigenvalue weighted by atomic mass is 35.5. The summed E-state index contributed by atoms with van der Waals surface area (Å²) in [6.07, 6.45) is 0.770. The number of methoxy groups -OCH3 is 1. The van der Waals surface area contributed by atoms with Crippen molar-refractivity contribution in [3.8, 4) is 5.75 Å². The van der Waals surface area contributed by atoms with E-state index in [1.807, 2.05) is 25.1 Å². The Morgan fingerprint density at radius 3 is 2.52 bits per heavy atom. The predicted octanol–water partition coefficient (Wildman–Crippen LogP) is 4.53. The highest BCUT2D eigenvalue weighted by molar-refractivity contribution is 5.96. The molecule has 0 radical (unpaired) electrons. The lowest BCUT2D eigenvalue weighted by Gasteiger charge is -2.27. The molecule has 2 aromatic rings. The molecular formula is C23H29ClF2N2O3.